The van der Waals surface area contributed by atoms with E-state index in [0.717, 1.165) is 0 Å². The molecule has 0 atom stereocenters. The lowest BCUT2D eigenvalue weighted by atomic mass is 10.1. The van der Waals surface area contributed by atoms with Gasteiger partial charge in [-0.2, -0.15) is 0 Å². The van der Waals surface area contributed by atoms with Crippen LogP contribution >= 0.6 is 0 Å². The first kappa shape index (κ1) is 22.1. The number of anilines is 3. The maximum absolute atomic E-state index is 13.2. The third kappa shape index (κ3) is 5.41. The molecule has 0 unspecified atom stereocenters. The van der Waals surface area contributed by atoms with Gasteiger partial charge in [-0.05, 0) is 55.5 Å². The first-order valence-corrected chi connectivity index (χ1v) is 10.6. The summed E-state index contributed by atoms with van der Waals surface area (Å²) in [6, 6.07) is 18.0. The number of fused-ring (bicyclic) bond motifs is 1. The molecule has 2 N–H and O–H groups in total. The molecule has 0 saturated carbocycles. The average molecular weight is 449 g/mol. The maximum atomic E-state index is 13.2. The van der Waals surface area contributed by atoms with Crippen LogP contribution < -0.4 is 20.1 Å². The highest BCUT2D eigenvalue weighted by Crippen LogP contribution is 2.32. The molecule has 0 saturated heterocycles. The van der Waals surface area contributed by atoms with E-state index in [-0.39, 0.29) is 24.2 Å². The standard InChI is InChI=1S/C25H24FN3O4/c1-2-29(16-24(30)28-19-11-12-22-23(15-19)33-14-13-32-22)25(31)20-5-3-4-6-21(20)27-18-9-7-17(26)8-10-18/h3-12,15,27H,2,13-14,16H2,1H3,(H,28,30). The van der Waals surface area contributed by atoms with E-state index in [1.54, 1.807) is 54.6 Å². The van der Waals surface area contributed by atoms with Gasteiger partial charge in [0.2, 0.25) is 5.91 Å². The van der Waals surface area contributed by atoms with Crippen molar-refractivity contribution < 1.29 is 23.5 Å². The Morgan fingerprint density at radius 2 is 1.64 bits per heavy atom. The van der Waals surface area contributed by atoms with E-state index in [2.05, 4.69) is 10.6 Å². The van der Waals surface area contributed by atoms with E-state index in [1.165, 1.54) is 17.0 Å². The Morgan fingerprint density at radius 1 is 0.939 bits per heavy atom. The molecule has 1 aliphatic heterocycles. The van der Waals surface area contributed by atoms with Crippen LogP contribution in [0, 0.1) is 5.82 Å². The molecule has 0 spiro atoms. The van der Waals surface area contributed by atoms with Crippen LogP contribution in [0.4, 0.5) is 21.5 Å². The second-order valence-corrected chi connectivity index (χ2v) is 7.40. The van der Waals surface area contributed by atoms with Gasteiger partial charge in [0.25, 0.3) is 5.91 Å². The van der Waals surface area contributed by atoms with E-state index < -0.39 is 0 Å². The Hall–Kier alpha value is -4.07. The Labute approximate surface area is 191 Å². The van der Waals surface area contributed by atoms with Crippen molar-refractivity contribution in [3.8, 4) is 11.5 Å². The fraction of sp³-hybridized carbons (Fsp3) is 0.200. The molecular weight excluding hydrogens is 425 g/mol. The first-order chi connectivity index (χ1) is 16.0. The van der Waals surface area contributed by atoms with Gasteiger partial charge in [0.05, 0.1) is 11.3 Å². The molecule has 2 amide bonds. The van der Waals surface area contributed by atoms with Crippen molar-refractivity contribution in [2.75, 3.05) is 36.9 Å². The van der Waals surface area contributed by atoms with Crippen LogP contribution in [0.2, 0.25) is 0 Å². The summed E-state index contributed by atoms with van der Waals surface area (Å²) in [4.78, 5) is 27.4. The van der Waals surface area contributed by atoms with Crippen LogP contribution in [-0.4, -0.2) is 43.0 Å². The number of nitrogens with one attached hydrogen (secondary N) is 2. The molecule has 0 radical (unpaired) electrons. The molecule has 1 aliphatic rings. The lowest BCUT2D eigenvalue weighted by molar-refractivity contribution is -0.116. The third-order valence-corrected chi connectivity index (χ3v) is 5.11. The normalized spacial score (nSPS) is 12.1. The van der Waals surface area contributed by atoms with Gasteiger partial charge in [0, 0.05) is 24.0 Å². The molecule has 170 valence electrons. The lowest BCUT2D eigenvalue weighted by Gasteiger charge is -2.23. The number of carbonyl (C=O) groups excluding carboxylic acids is 2. The zero-order chi connectivity index (χ0) is 23.2. The molecule has 33 heavy (non-hydrogen) atoms. The van der Waals surface area contributed by atoms with Crippen molar-refractivity contribution in [1.29, 1.82) is 0 Å². The summed E-state index contributed by atoms with van der Waals surface area (Å²) in [5.41, 5.74) is 2.19. The van der Waals surface area contributed by atoms with Crippen LogP contribution in [0.5, 0.6) is 11.5 Å². The van der Waals surface area contributed by atoms with E-state index in [4.69, 9.17) is 9.47 Å². The van der Waals surface area contributed by atoms with Crippen molar-refractivity contribution >= 4 is 28.9 Å². The number of rotatable bonds is 7. The molecular formula is C25H24FN3O4. The van der Waals surface area contributed by atoms with Crippen molar-refractivity contribution in [1.82, 2.24) is 4.90 Å². The molecule has 1 heterocycles. The third-order valence-electron chi connectivity index (χ3n) is 5.11. The fourth-order valence-electron chi connectivity index (χ4n) is 3.46. The van der Waals surface area contributed by atoms with Gasteiger partial charge in [0.15, 0.2) is 11.5 Å². The second-order valence-electron chi connectivity index (χ2n) is 7.40. The number of nitrogens with zero attached hydrogens (tertiary/aromatic N) is 1. The summed E-state index contributed by atoms with van der Waals surface area (Å²) >= 11 is 0. The van der Waals surface area contributed by atoms with Gasteiger partial charge in [0.1, 0.15) is 25.6 Å². The zero-order valence-corrected chi connectivity index (χ0v) is 18.1. The van der Waals surface area contributed by atoms with Crippen molar-refractivity contribution in [3.05, 3.63) is 78.1 Å². The number of carbonyl (C=O) groups is 2. The van der Waals surface area contributed by atoms with Gasteiger partial charge in [-0.25, -0.2) is 4.39 Å². The number of ether oxygens (including phenoxy) is 2. The van der Waals surface area contributed by atoms with E-state index in [0.29, 0.717) is 53.9 Å². The van der Waals surface area contributed by atoms with Gasteiger partial charge < -0.3 is 25.0 Å². The molecule has 4 rings (SSSR count). The quantitative estimate of drug-likeness (QED) is 0.558. The summed E-state index contributed by atoms with van der Waals surface area (Å²) in [5, 5.41) is 5.94. The van der Waals surface area contributed by atoms with Crippen LogP contribution in [0.1, 0.15) is 17.3 Å². The lowest BCUT2D eigenvalue weighted by Crippen LogP contribution is -2.38. The van der Waals surface area contributed by atoms with Crippen molar-refractivity contribution in [2.45, 2.75) is 6.92 Å². The predicted molar refractivity (Wildman–Crippen MR) is 124 cm³/mol. The predicted octanol–water partition coefficient (Wildman–Crippen LogP) is 4.44. The Balaban J connectivity index is 1.45. The van der Waals surface area contributed by atoms with Gasteiger partial charge in [-0.3, -0.25) is 9.59 Å². The number of amides is 2. The Bertz CT molecular complexity index is 1150. The fourth-order valence-corrected chi connectivity index (χ4v) is 3.46. The van der Waals surface area contributed by atoms with E-state index in [1.807, 2.05) is 6.92 Å². The number of hydrogen-bond donors (Lipinski definition) is 2. The monoisotopic (exact) mass is 449 g/mol. The van der Waals surface area contributed by atoms with Crippen molar-refractivity contribution in [2.24, 2.45) is 0 Å². The number of para-hydroxylation sites is 1. The first-order valence-electron chi connectivity index (χ1n) is 10.6. The zero-order valence-electron chi connectivity index (χ0n) is 18.1. The Kier molecular flexibility index (Phi) is 6.73. The van der Waals surface area contributed by atoms with E-state index >= 15 is 0 Å². The molecule has 3 aromatic carbocycles. The molecule has 8 heteroatoms. The average Bonchev–Trinajstić information content (AvgIpc) is 2.84. The SMILES string of the molecule is CCN(CC(=O)Nc1ccc2c(c1)OCCO2)C(=O)c1ccccc1Nc1ccc(F)cc1. The summed E-state index contributed by atoms with van der Waals surface area (Å²) in [6.07, 6.45) is 0. The molecule has 0 aliphatic carbocycles. The van der Waals surface area contributed by atoms with Gasteiger partial charge in [-0.1, -0.05) is 12.1 Å². The highest BCUT2D eigenvalue weighted by molar-refractivity contribution is 6.03. The van der Waals surface area contributed by atoms with Gasteiger partial charge in [-0.15, -0.1) is 0 Å². The van der Waals surface area contributed by atoms with E-state index in [9.17, 15) is 14.0 Å². The molecule has 3 aromatic rings. The van der Waals surface area contributed by atoms with Crippen LogP contribution in [0.25, 0.3) is 0 Å². The van der Waals surface area contributed by atoms with Gasteiger partial charge >= 0.3 is 0 Å². The summed E-state index contributed by atoms with van der Waals surface area (Å²) in [6.45, 7) is 2.98. The number of halogens is 1. The second kappa shape index (κ2) is 10.0. The number of likely N-dealkylation sites (N-methyl/N-ethyl adjacent to an activating group) is 1. The molecule has 7 nitrogen and oxygen atoms in total. The summed E-state index contributed by atoms with van der Waals surface area (Å²) < 4.78 is 24.2. The highest BCUT2D eigenvalue weighted by Gasteiger charge is 2.21. The topological polar surface area (TPSA) is 79.9 Å². The molecule has 0 bridgehead atoms. The number of benzene rings is 3. The van der Waals surface area contributed by atoms with Crippen LogP contribution in [-0.2, 0) is 4.79 Å². The smallest absolute Gasteiger partial charge is 0.256 e. The molecule has 0 fully saturated rings. The number of hydrogen-bond acceptors (Lipinski definition) is 5. The highest BCUT2D eigenvalue weighted by atomic mass is 19.1. The minimum atomic E-state index is -0.342. The minimum Gasteiger partial charge on any atom is -0.486 e. The Morgan fingerprint density at radius 3 is 2.39 bits per heavy atom. The largest absolute Gasteiger partial charge is 0.486 e. The van der Waals surface area contributed by atoms with Crippen LogP contribution in [0.15, 0.2) is 66.7 Å². The summed E-state index contributed by atoms with van der Waals surface area (Å²) in [5.74, 6) is 0.245. The van der Waals surface area contributed by atoms with Crippen molar-refractivity contribution in [3.63, 3.8) is 0 Å². The van der Waals surface area contributed by atoms with Crippen LogP contribution in [0.3, 0.4) is 0 Å². The molecule has 0 aromatic heterocycles. The minimum absolute atomic E-state index is 0.116. The summed E-state index contributed by atoms with van der Waals surface area (Å²) in [7, 11) is 0. The maximum Gasteiger partial charge on any atom is 0.256 e.